The van der Waals surface area contributed by atoms with E-state index in [0.29, 0.717) is 16.3 Å². The van der Waals surface area contributed by atoms with Gasteiger partial charge in [-0.2, -0.15) is 8.42 Å². The molecule has 0 unspecified atom stereocenters. The van der Waals surface area contributed by atoms with Gasteiger partial charge < -0.3 is 10.0 Å². The zero-order chi connectivity index (χ0) is 19.9. The van der Waals surface area contributed by atoms with Crippen molar-refractivity contribution in [2.45, 2.75) is 38.5 Å². The normalized spacial score (nSPS) is 23.6. The summed E-state index contributed by atoms with van der Waals surface area (Å²) in [6.07, 6.45) is 7.14. The molecule has 0 atom stereocenters. The summed E-state index contributed by atoms with van der Waals surface area (Å²) in [7, 11) is -4.16. The van der Waals surface area contributed by atoms with Crippen molar-refractivity contribution < 1.29 is 22.7 Å². The molecule has 1 aromatic rings. The third kappa shape index (κ3) is 3.82. The lowest BCUT2D eigenvalue weighted by Gasteiger charge is -2.39. The number of halogens is 1. The minimum absolute atomic E-state index is 0.473. The first-order chi connectivity index (χ1) is 13.3. The number of nitrogens with zero attached hydrogens (tertiary/aromatic N) is 2. The summed E-state index contributed by atoms with van der Waals surface area (Å²) in [5.41, 5.74) is 0.124. The number of piperidine rings is 1. The largest absolute Gasteiger partial charge is 0.506 e. The van der Waals surface area contributed by atoms with E-state index >= 15 is 0 Å². The Morgan fingerprint density at radius 1 is 1.14 bits per heavy atom. The van der Waals surface area contributed by atoms with Gasteiger partial charge in [0.05, 0.1) is 0 Å². The number of benzene rings is 1. The SMILES string of the molecule is O=C1CN(c2c(O)cc(CCN3CCC(C4CCC4)CC3)cc2F)S(=O)(=O)N1. The van der Waals surface area contributed by atoms with Gasteiger partial charge in [0.1, 0.15) is 18.0 Å². The fourth-order valence-electron chi connectivity index (χ4n) is 4.52. The minimum Gasteiger partial charge on any atom is -0.506 e. The Balaban J connectivity index is 1.38. The molecule has 2 N–H and O–H groups in total. The van der Waals surface area contributed by atoms with Crippen LogP contribution in [0.25, 0.3) is 0 Å². The lowest BCUT2D eigenvalue weighted by molar-refractivity contribution is -0.117. The van der Waals surface area contributed by atoms with E-state index in [9.17, 15) is 22.7 Å². The van der Waals surface area contributed by atoms with Gasteiger partial charge in [-0.05, 0) is 61.9 Å². The zero-order valence-electron chi connectivity index (χ0n) is 15.7. The molecule has 3 aliphatic rings. The number of aromatic hydroxyl groups is 1. The van der Waals surface area contributed by atoms with Crippen molar-refractivity contribution in [2.24, 2.45) is 11.8 Å². The summed E-state index contributed by atoms with van der Waals surface area (Å²) < 4.78 is 40.7. The van der Waals surface area contributed by atoms with E-state index in [4.69, 9.17) is 0 Å². The Hall–Kier alpha value is -1.87. The second kappa shape index (κ2) is 7.51. The molecule has 1 amide bonds. The number of rotatable bonds is 5. The molecular weight excluding hydrogens is 385 g/mol. The van der Waals surface area contributed by atoms with Crippen molar-refractivity contribution in [1.82, 2.24) is 9.62 Å². The maximum atomic E-state index is 14.6. The third-order valence-corrected chi connectivity index (χ3v) is 7.72. The molecule has 9 heteroatoms. The molecule has 2 saturated heterocycles. The van der Waals surface area contributed by atoms with Crippen LogP contribution in [0.4, 0.5) is 10.1 Å². The average Bonchev–Trinajstić information content (AvgIpc) is 2.84. The molecule has 7 nitrogen and oxygen atoms in total. The summed E-state index contributed by atoms with van der Waals surface area (Å²) in [6.45, 7) is 2.33. The third-order valence-electron chi connectivity index (χ3n) is 6.34. The molecule has 3 fully saturated rings. The number of hydrogen-bond acceptors (Lipinski definition) is 5. The lowest BCUT2D eigenvalue weighted by atomic mass is 9.72. The second-order valence-electron chi connectivity index (χ2n) is 8.10. The molecule has 28 heavy (non-hydrogen) atoms. The van der Waals surface area contributed by atoms with Crippen molar-refractivity contribution in [2.75, 3.05) is 30.5 Å². The number of phenols is 1. The number of phenolic OH excluding ortho intramolecular Hbond substituents is 1. The highest BCUT2D eigenvalue weighted by atomic mass is 32.2. The minimum atomic E-state index is -4.16. The standard InChI is InChI=1S/C19H26FN3O4S/c20-16-10-13(4-7-22-8-5-15(6-9-22)14-2-1-3-14)11-17(24)19(16)23-12-18(25)21-28(23,26)27/h10-11,14-15,24H,1-9,12H2,(H,21,25). The summed E-state index contributed by atoms with van der Waals surface area (Å²) in [5, 5.41) is 10.2. The molecule has 4 rings (SSSR count). The number of hydrogen-bond donors (Lipinski definition) is 2. The molecule has 2 heterocycles. The number of nitrogens with one attached hydrogen (secondary N) is 1. The first-order valence-corrected chi connectivity index (χ1v) is 11.3. The van der Waals surface area contributed by atoms with Gasteiger partial charge in [-0.1, -0.05) is 19.3 Å². The lowest BCUT2D eigenvalue weighted by Crippen LogP contribution is -2.38. The predicted octanol–water partition coefficient (Wildman–Crippen LogP) is 1.77. The van der Waals surface area contributed by atoms with E-state index < -0.39 is 39.9 Å². The Morgan fingerprint density at radius 2 is 1.82 bits per heavy atom. The molecule has 2 aliphatic heterocycles. The van der Waals surface area contributed by atoms with Gasteiger partial charge in [0.25, 0.3) is 5.91 Å². The van der Waals surface area contributed by atoms with Crippen LogP contribution in [0.1, 0.15) is 37.7 Å². The van der Waals surface area contributed by atoms with E-state index in [0.717, 1.165) is 31.5 Å². The van der Waals surface area contributed by atoms with Gasteiger partial charge >= 0.3 is 10.2 Å². The van der Waals surface area contributed by atoms with Crippen molar-refractivity contribution in [3.63, 3.8) is 0 Å². The summed E-state index contributed by atoms with van der Waals surface area (Å²) in [4.78, 5) is 13.7. The number of anilines is 1. The molecule has 1 saturated carbocycles. The number of likely N-dealkylation sites (tertiary alicyclic amines) is 1. The first-order valence-electron chi connectivity index (χ1n) is 9.90. The highest BCUT2D eigenvalue weighted by Gasteiger charge is 2.37. The van der Waals surface area contributed by atoms with Crippen LogP contribution < -0.4 is 9.03 Å². The predicted molar refractivity (Wildman–Crippen MR) is 103 cm³/mol. The molecule has 0 bridgehead atoms. The highest BCUT2D eigenvalue weighted by Crippen LogP contribution is 2.39. The topological polar surface area (TPSA) is 90.0 Å². The van der Waals surface area contributed by atoms with Crippen molar-refractivity contribution >= 4 is 21.8 Å². The van der Waals surface area contributed by atoms with E-state index in [2.05, 4.69) is 4.90 Å². The Bertz CT molecular complexity index is 841. The van der Waals surface area contributed by atoms with Gasteiger partial charge in [-0.3, -0.25) is 4.79 Å². The molecule has 0 aromatic heterocycles. The summed E-state index contributed by atoms with van der Waals surface area (Å²) in [5.74, 6) is -0.306. The molecule has 154 valence electrons. The Labute approximate surface area is 164 Å². The van der Waals surface area contributed by atoms with Gasteiger partial charge in [0, 0.05) is 6.54 Å². The number of carbonyl (C=O) groups is 1. The Kier molecular flexibility index (Phi) is 5.22. The highest BCUT2D eigenvalue weighted by molar-refractivity contribution is 7.92. The van der Waals surface area contributed by atoms with Crippen molar-refractivity contribution in [3.8, 4) is 5.75 Å². The number of amides is 1. The van der Waals surface area contributed by atoms with Crippen LogP contribution in [0.5, 0.6) is 5.75 Å². The van der Waals surface area contributed by atoms with E-state index in [1.54, 1.807) is 4.72 Å². The maximum Gasteiger partial charge on any atom is 0.326 e. The Morgan fingerprint density at radius 3 is 2.36 bits per heavy atom. The van der Waals surface area contributed by atoms with Crippen LogP contribution in [0.15, 0.2) is 12.1 Å². The zero-order valence-corrected chi connectivity index (χ0v) is 16.5. The molecule has 1 aliphatic carbocycles. The van der Waals surface area contributed by atoms with Crippen LogP contribution in [-0.2, 0) is 21.4 Å². The van der Waals surface area contributed by atoms with Crippen molar-refractivity contribution in [3.05, 3.63) is 23.5 Å². The summed E-state index contributed by atoms with van der Waals surface area (Å²) >= 11 is 0. The van der Waals surface area contributed by atoms with E-state index in [1.807, 2.05) is 0 Å². The molecule has 0 radical (unpaired) electrons. The van der Waals surface area contributed by atoms with Crippen LogP contribution in [0, 0.1) is 17.7 Å². The van der Waals surface area contributed by atoms with Gasteiger partial charge in [0.2, 0.25) is 0 Å². The van der Waals surface area contributed by atoms with Gasteiger partial charge in [0.15, 0.2) is 5.82 Å². The number of carbonyl (C=O) groups excluding carboxylic acids is 1. The van der Waals surface area contributed by atoms with E-state index in [-0.39, 0.29) is 0 Å². The van der Waals surface area contributed by atoms with Crippen LogP contribution in [-0.4, -0.2) is 50.5 Å². The monoisotopic (exact) mass is 411 g/mol. The van der Waals surface area contributed by atoms with Crippen LogP contribution >= 0.6 is 0 Å². The van der Waals surface area contributed by atoms with E-state index in [1.165, 1.54) is 44.2 Å². The first kappa shape index (κ1) is 19.4. The van der Waals surface area contributed by atoms with Crippen LogP contribution in [0.2, 0.25) is 0 Å². The average molecular weight is 411 g/mol. The fraction of sp³-hybridized carbons (Fsp3) is 0.632. The maximum absolute atomic E-state index is 14.6. The smallest absolute Gasteiger partial charge is 0.326 e. The van der Waals surface area contributed by atoms with Gasteiger partial charge in [-0.25, -0.2) is 13.4 Å². The second-order valence-corrected chi connectivity index (χ2v) is 9.70. The quantitative estimate of drug-likeness (QED) is 0.771. The fourth-order valence-corrected chi connectivity index (χ4v) is 5.69. The summed E-state index contributed by atoms with van der Waals surface area (Å²) in [6, 6.07) is 2.63. The molecular formula is C19H26FN3O4S. The van der Waals surface area contributed by atoms with Crippen LogP contribution in [0.3, 0.4) is 0 Å². The molecule has 1 aromatic carbocycles. The van der Waals surface area contributed by atoms with Gasteiger partial charge in [-0.15, -0.1) is 0 Å². The van der Waals surface area contributed by atoms with Crippen molar-refractivity contribution in [1.29, 1.82) is 0 Å². The molecule has 0 spiro atoms.